The first kappa shape index (κ1) is 18.7. The summed E-state index contributed by atoms with van der Waals surface area (Å²) in [5, 5.41) is 2.96. The summed E-state index contributed by atoms with van der Waals surface area (Å²) in [6.45, 7) is 12.1. The third kappa shape index (κ3) is 3.57. The average molecular weight is 357 g/mol. The van der Waals surface area contributed by atoms with Crippen molar-refractivity contribution in [2.75, 3.05) is 37.6 Å². The van der Waals surface area contributed by atoms with Crippen LogP contribution < -0.4 is 10.2 Å². The standard InChI is InChI=1S/C21H31N3O2/c1-15(2)14-22-19(25)21(8-9-21)20(26)24-12-10-23(11-13-24)18-7-5-6-16(3)17(18)4/h5-7,15H,8-14H2,1-4H3,(H,22,25). The van der Waals surface area contributed by atoms with Crippen LogP contribution in [0.3, 0.4) is 0 Å². The van der Waals surface area contributed by atoms with Gasteiger partial charge in [-0.3, -0.25) is 9.59 Å². The van der Waals surface area contributed by atoms with E-state index in [1.807, 2.05) is 4.90 Å². The van der Waals surface area contributed by atoms with Gasteiger partial charge in [0.1, 0.15) is 5.41 Å². The summed E-state index contributed by atoms with van der Waals surface area (Å²) in [7, 11) is 0. The van der Waals surface area contributed by atoms with Crippen LogP contribution in [-0.4, -0.2) is 49.4 Å². The maximum atomic E-state index is 13.0. The summed E-state index contributed by atoms with van der Waals surface area (Å²) in [5.41, 5.74) is 3.07. The quantitative estimate of drug-likeness (QED) is 0.824. The molecule has 1 aromatic carbocycles. The van der Waals surface area contributed by atoms with Gasteiger partial charge >= 0.3 is 0 Å². The SMILES string of the molecule is Cc1cccc(N2CCN(C(=O)C3(C(=O)NCC(C)C)CC3)CC2)c1C. The molecule has 0 bridgehead atoms. The van der Waals surface area contributed by atoms with E-state index in [1.165, 1.54) is 16.8 Å². The Balaban J connectivity index is 1.60. The van der Waals surface area contributed by atoms with Crippen LogP contribution in [0.25, 0.3) is 0 Å². The summed E-state index contributed by atoms with van der Waals surface area (Å²) in [6.07, 6.45) is 1.37. The molecule has 2 aliphatic rings. The first-order chi connectivity index (χ1) is 12.3. The van der Waals surface area contributed by atoms with Gasteiger partial charge in [0.05, 0.1) is 0 Å². The highest BCUT2D eigenvalue weighted by molar-refractivity contribution is 6.07. The molecule has 0 spiro atoms. The number of amides is 2. The van der Waals surface area contributed by atoms with Crippen LogP contribution in [0, 0.1) is 25.2 Å². The average Bonchev–Trinajstić information content (AvgIpc) is 3.43. The Morgan fingerprint density at radius 3 is 2.35 bits per heavy atom. The van der Waals surface area contributed by atoms with Gasteiger partial charge in [-0.05, 0) is 49.8 Å². The van der Waals surface area contributed by atoms with Gasteiger partial charge in [0, 0.05) is 38.4 Å². The lowest BCUT2D eigenvalue weighted by atomic mass is 10.0. The number of carbonyl (C=O) groups is 2. The van der Waals surface area contributed by atoms with Crippen LogP contribution in [0.5, 0.6) is 0 Å². The van der Waals surface area contributed by atoms with Crippen molar-refractivity contribution in [1.82, 2.24) is 10.2 Å². The molecule has 0 atom stereocenters. The molecule has 0 radical (unpaired) electrons. The smallest absolute Gasteiger partial charge is 0.238 e. The molecule has 3 rings (SSSR count). The van der Waals surface area contributed by atoms with Crippen molar-refractivity contribution in [1.29, 1.82) is 0 Å². The molecule has 1 aliphatic carbocycles. The molecular weight excluding hydrogens is 326 g/mol. The fourth-order valence-electron chi connectivity index (χ4n) is 3.66. The van der Waals surface area contributed by atoms with E-state index >= 15 is 0 Å². The summed E-state index contributed by atoms with van der Waals surface area (Å²) >= 11 is 0. The molecule has 1 aliphatic heterocycles. The predicted molar refractivity (Wildman–Crippen MR) is 104 cm³/mol. The Bertz CT molecular complexity index is 686. The van der Waals surface area contributed by atoms with E-state index in [0.29, 0.717) is 38.4 Å². The van der Waals surface area contributed by atoms with E-state index < -0.39 is 5.41 Å². The Labute approximate surface area is 156 Å². The summed E-state index contributed by atoms with van der Waals surface area (Å²) < 4.78 is 0. The molecule has 2 amide bonds. The molecule has 1 saturated carbocycles. The van der Waals surface area contributed by atoms with Crippen molar-refractivity contribution >= 4 is 17.5 Å². The molecule has 1 N–H and O–H groups in total. The number of hydrogen-bond donors (Lipinski definition) is 1. The maximum Gasteiger partial charge on any atom is 0.238 e. The number of carbonyl (C=O) groups excluding carboxylic acids is 2. The highest BCUT2D eigenvalue weighted by Crippen LogP contribution is 2.47. The molecule has 2 fully saturated rings. The lowest BCUT2D eigenvalue weighted by molar-refractivity contribution is -0.144. The van der Waals surface area contributed by atoms with Gasteiger partial charge in [0.15, 0.2) is 0 Å². The van der Waals surface area contributed by atoms with Crippen LogP contribution in [-0.2, 0) is 9.59 Å². The summed E-state index contributed by atoms with van der Waals surface area (Å²) in [6, 6.07) is 6.38. The molecule has 1 heterocycles. The van der Waals surface area contributed by atoms with E-state index in [0.717, 1.165) is 13.1 Å². The Morgan fingerprint density at radius 1 is 1.12 bits per heavy atom. The van der Waals surface area contributed by atoms with Gasteiger partial charge in [-0.1, -0.05) is 26.0 Å². The third-order valence-electron chi connectivity index (χ3n) is 5.75. The van der Waals surface area contributed by atoms with Crippen molar-refractivity contribution in [2.45, 2.75) is 40.5 Å². The van der Waals surface area contributed by atoms with Crippen LogP contribution in [0.15, 0.2) is 18.2 Å². The van der Waals surface area contributed by atoms with Crippen LogP contribution in [0.4, 0.5) is 5.69 Å². The minimum atomic E-state index is -0.781. The van der Waals surface area contributed by atoms with Gasteiger partial charge < -0.3 is 15.1 Å². The summed E-state index contributed by atoms with van der Waals surface area (Å²) in [4.78, 5) is 29.7. The van der Waals surface area contributed by atoms with Gasteiger partial charge in [-0.2, -0.15) is 0 Å². The normalized spacial score (nSPS) is 18.8. The van der Waals surface area contributed by atoms with Crippen LogP contribution in [0.1, 0.15) is 37.8 Å². The van der Waals surface area contributed by atoms with Gasteiger partial charge in [-0.15, -0.1) is 0 Å². The molecule has 0 aromatic heterocycles. The van der Waals surface area contributed by atoms with Crippen LogP contribution in [0.2, 0.25) is 0 Å². The highest BCUT2D eigenvalue weighted by Gasteiger charge is 2.58. The molecule has 5 nitrogen and oxygen atoms in total. The fraction of sp³-hybridized carbons (Fsp3) is 0.619. The van der Waals surface area contributed by atoms with E-state index in [-0.39, 0.29) is 11.8 Å². The second kappa shape index (κ2) is 7.29. The largest absolute Gasteiger partial charge is 0.368 e. The molecular formula is C21H31N3O2. The Hall–Kier alpha value is -2.04. The minimum absolute atomic E-state index is 0.0272. The molecule has 142 valence electrons. The van der Waals surface area contributed by atoms with E-state index in [1.54, 1.807) is 0 Å². The lowest BCUT2D eigenvalue weighted by Crippen LogP contribution is -2.53. The van der Waals surface area contributed by atoms with E-state index in [2.05, 4.69) is 56.1 Å². The zero-order valence-electron chi connectivity index (χ0n) is 16.5. The number of benzene rings is 1. The van der Waals surface area contributed by atoms with Crippen molar-refractivity contribution in [3.05, 3.63) is 29.3 Å². The van der Waals surface area contributed by atoms with Gasteiger partial charge in [0.2, 0.25) is 11.8 Å². The number of piperazine rings is 1. The predicted octanol–water partition coefficient (Wildman–Crippen LogP) is 2.50. The second-order valence-electron chi connectivity index (χ2n) is 8.18. The number of nitrogens with zero attached hydrogens (tertiary/aromatic N) is 2. The first-order valence-electron chi connectivity index (χ1n) is 9.74. The Morgan fingerprint density at radius 2 is 1.77 bits per heavy atom. The molecule has 1 aromatic rings. The third-order valence-corrected chi connectivity index (χ3v) is 5.75. The zero-order chi connectivity index (χ0) is 18.9. The van der Waals surface area contributed by atoms with Crippen molar-refractivity contribution in [3.63, 3.8) is 0 Å². The number of rotatable bonds is 5. The zero-order valence-corrected chi connectivity index (χ0v) is 16.5. The molecule has 26 heavy (non-hydrogen) atoms. The second-order valence-corrected chi connectivity index (χ2v) is 8.18. The van der Waals surface area contributed by atoms with Crippen molar-refractivity contribution < 1.29 is 9.59 Å². The Kier molecular flexibility index (Phi) is 5.26. The monoisotopic (exact) mass is 357 g/mol. The number of nitrogens with one attached hydrogen (secondary N) is 1. The lowest BCUT2D eigenvalue weighted by Gasteiger charge is -2.38. The first-order valence-corrected chi connectivity index (χ1v) is 9.74. The number of aryl methyl sites for hydroxylation is 1. The van der Waals surface area contributed by atoms with Gasteiger partial charge in [0.25, 0.3) is 0 Å². The van der Waals surface area contributed by atoms with Crippen molar-refractivity contribution in [2.24, 2.45) is 11.3 Å². The highest BCUT2D eigenvalue weighted by atomic mass is 16.2. The summed E-state index contributed by atoms with van der Waals surface area (Å²) in [5.74, 6) is 0.346. The van der Waals surface area contributed by atoms with E-state index in [4.69, 9.17) is 0 Å². The maximum absolute atomic E-state index is 13.0. The van der Waals surface area contributed by atoms with Crippen molar-refractivity contribution in [3.8, 4) is 0 Å². The molecule has 0 unspecified atom stereocenters. The van der Waals surface area contributed by atoms with Crippen LogP contribution >= 0.6 is 0 Å². The fourth-order valence-corrected chi connectivity index (χ4v) is 3.66. The molecule has 1 saturated heterocycles. The minimum Gasteiger partial charge on any atom is -0.368 e. The van der Waals surface area contributed by atoms with Gasteiger partial charge in [-0.25, -0.2) is 0 Å². The van der Waals surface area contributed by atoms with E-state index in [9.17, 15) is 9.59 Å². The molecule has 5 heteroatoms. The number of hydrogen-bond acceptors (Lipinski definition) is 3. The number of anilines is 1. The topological polar surface area (TPSA) is 52.7 Å².